The van der Waals surface area contributed by atoms with Gasteiger partial charge in [0.15, 0.2) is 6.10 Å². The van der Waals surface area contributed by atoms with Crippen LogP contribution in [0.4, 0.5) is 4.79 Å². The summed E-state index contributed by atoms with van der Waals surface area (Å²) >= 11 is 0. The molecule has 0 saturated carbocycles. The van der Waals surface area contributed by atoms with Gasteiger partial charge in [-0.05, 0) is 20.3 Å². The Bertz CT molecular complexity index is 323. The van der Waals surface area contributed by atoms with Crippen LogP contribution in [-0.2, 0) is 27.8 Å². The van der Waals surface area contributed by atoms with Crippen LogP contribution >= 0.6 is 7.60 Å². The molecule has 1 saturated heterocycles. The van der Waals surface area contributed by atoms with Gasteiger partial charge in [0, 0.05) is 7.11 Å². The van der Waals surface area contributed by atoms with Crippen LogP contribution in [0.2, 0.25) is 0 Å². The van der Waals surface area contributed by atoms with Gasteiger partial charge in [0.2, 0.25) is 0 Å². The average Bonchev–Trinajstić information content (AvgIpc) is 2.77. The zero-order valence-corrected chi connectivity index (χ0v) is 12.4. The van der Waals surface area contributed by atoms with E-state index >= 15 is 0 Å². The lowest BCUT2D eigenvalue weighted by molar-refractivity contribution is -0.000858. The Labute approximate surface area is 113 Å². The number of methoxy groups -OCH3 is 1. The molecular weight excluding hydrogens is 275 g/mol. The quantitative estimate of drug-likeness (QED) is 0.476. The van der Waals surface area contributed by atoms with Gasteiger partial charge in [-0.1, -0.05) is 0 Å². The highest BCUT2D eigenvalue weighted by Crippen LogP contribution is 2.49. The molecule has 0 aliphatic carbocycles. The van der Waals surface area contributed by atoms with Crippen molar-refractivity contribution in [3.63, 3.8) is 0 Å². The van der Waals surface area contributed by atoms with Crippen molar-refractivity contribution in [1.29, 1.82) is 0 Å². The fourth-order valence-corrected chi connectivity index (χ4v) is 3.52. The summed E-state index contributed by atoms with van der Waals surface area (Å²) < 4.78 is 37.5. The van der Waals surface area contributed by atoms with E-state index in [0.29, 0.717) is 19.6 Å². The zero-order valence-electron chi connectivity index (χ0n) is 11.5. The Kier molecular flexibility index (Phi) is 6.79. The average molecular weight is 296 g/mol. The van der Waals surface area contributed by atoms with Crippen LogP contribution in [-0.4, -0.2) is 51.5 Å². The largest absolute Gasteiger partial charge is 0.508 e. The van der Waals surface area contributed by atoms with Crippen molar-refractivity contribution in [3.05, 3.63) is 0 Å². The third kappa shape index (κ3) is 5.10. The number of hydrogen-bond donors (Lipinski definition) is 0. The van der Waals surface area contributed by atoms with Crippen molar-refractivity contribution in [2.24, 2.45) is 0 Å². The third-order valence-electron chi connectivity index (χ3n) is 2.67. The van der Waals surface area contributed by atoms with E-state index in [4.69, 9.17) is 23.3 Å². The summed E-state index contributed by atoms with van der Waals surface area (Å²) in [7, 11) is -1.60. The SMILES string of the molecule is CCOP(=O)(CCC(OC)C1COC(=O)O1)OCC. The molecule has 1 rings (SSSR count). The van der Waals surface area contributed by atoms with Gasteiger partial charge in [-0.25, -0.2) is 4.79 Å². The lowest BCUT2D eigenvalue weighted by atomic mass is 10.1. The molecule has 1 aliphatic heterocycles. The molecule has 0 aromatic carbocycles. The van der Waals surface area contributed by atoms with Crippen molar-refractivity contribution in [3.8, 4) is 0 Å². The van der Waals surface area contributed by atoms with Gasteiger partial charge in [-0.3, -0.25) is 4.57 Å². The van der Waals surface area contributed by atoms with Crippen LogP contribution in [0.3, 0.4) is 0 Å². The molecule has 2 unspecified atom stereocenters. The van der Waals surface area contributed by atoms with Gasteiger partial charge in [-0.2, -0.15) is 0 Å². The smallest absolute Gasteiger partial charge is 0.430 e. The standard InChI is InChI=1S/C11H21O7P/c1-4-16-19(13,17-5-2)7-6-9(14-3)10-8-15-11(12)18-10/h9-10H,4-8H2,1-3H3. The second-order valence-corrected chi connectivity index (χ2v) is 6.14. The minimum atomic E-state index is -3.10. The number of carbonyl (C=O) groups excluding carboxylic acids is 1. The molecule has 19 heavy (non-hydrogen) atoms. The monoisotopic (exact) mass is 296 g/mol. The summed E-state index contributed by atoms with van der Waals surface area (Å²) in [6.07, 6.45) is -0.962. The summed E-state index contributed by atoms with van der Waals surface area (Å²) in [6.45, 7) is 4.29. The van der Waals surface area contributed by atoms with Gasteiger partial charge in [0.25, 0.3) is 0 Å². The Hall–Kier alpha value is -0.620. The van der Waals surface area contributed by atoms with E-state index in [1.807, 2.05) is 0 Å². The second-order valence-electron chi connectivity index (χ2n) is 3.95. The molecule has 1 fully saturated rings. The maximum Gasteiger partial charge on any atom is 0.508 e. The van der Waals surface area contributed by atoms with E-state index < -0.39 is 19.9 Å². The molecule has 0 amide bonds. The Morgan fingerprint density at radius 2 is 2.00 bits per heavy atom. The first kappa shape index (κ1) is 16.4. The predicted molar refractivity (Wildman–Crippen MR) is 67.4 cm³/mol. The van der Waals surface area contributed by atoms with Crippen molar-refractivity contribution in [1.82, 2.24) is 0 Å². The number of hydrogen-bond acceptors (Lipinski definition) is 7. The maximum absolute atomic E-state index is 12.3. The van der Waals surface area contributed by atoms with Gasteiger partial charge < -0.3 is 23.3 Å². The number of rotatable bonds is 9. The molecule has 0 aromatic heterocycles. The van der Waals surface area contributed by atoms with E-state index in [2.05, 4.69) is 0 Å². The maximum atomic E-state index is 12.3. The van der Waals surface area contributed by atoms with Gasteiger partial charge in [0.1, 0.15) is 6.61 Å². The Morgan fingerprint density at radius 1 is 1.37 bits per heavy atom. The fraction of sp³-hybridized carbons (Fsp3) is 0.909. The van der Waals surface area contributed by atoms with Gasteiger partial charge >= 0.3 is 13.8 Å². The van der Waals surface area contributed by atoms with E-state index in [1.54, 1.807) is 13.8 Å². The molecule has 0 spiro atoms. The van der Waals surface area contributed by atoms with Crippen LogP contribution < -0.4 is 0 Å². The summed E-state index contributed by atoms with van der Waals surface area (Å²) in [5, 5.41) is 0. The van der Waals surface area contributed by atoms with E-state index in [1.165, 1.54) is 7.11 Å². The molecule has 2 atom stereocenters. The van der Waals surface area contributed by atoms with Crippen molar-refractivity contribution in [2.75, 3.05) is 33.1 Å². The summed E-state index contributed by atoms with van der Waals surface area (Å²) in [6, 6.07) is 0. The minimum Gasteiger partial charge on any atom is -0.430 e. The van der Waals surface area contributed by atoms with E-state index in [-0.39, 0.29) is 18.9 Å². The molecule has 1 heterocycles. The fourth-order valence-electron chi connectivity index (χ4n) is 1.83. The highest BCUT2D eigenvalue weighted by atomic mass is 31.2. The second kappa shape index (κ2) is 7.85. The van der Waals surface area contributed by atoms with Gasteiger partial charge in [-0.15, -0.1) is 0 Å². The first-order valence-corrected chi connectivity index (χ1v) is 8.01. The molecule has 7 nitrogen and oxygen atoms in total. The molecule has 0 N–H and O–H groups in total. The molecule has 8 heteroatoms. The topological polar surface area (TPSA) is 80.3 Å². The molecule has 112 valence electrons. The first-order valence-electron chi connectivity index (χ1n) is 6.29. The Balaban J connectivity index is 2.51. The zero-order chi connectivity index (χ0) is 14.3. The van der Waals surface area contributed by atoms with Crippen molar-refractivity contribution in [2.45, 2.75) is 32.5 Å². The van der Waals surface area contributed by atoms with E-state index in [0.717, 1.165) is 0 Å². The summed E-state index contributed by atoms with van der Waals surface area (Å²) in [5.74, 6) is 0. The van der Waals surface area contributed by atoms with Crippen LogP contribution in [0.15, 0.2) is 0 Å². The molecule has 0 bridgehead atoms. The minimum absolute atomic E-state index is 0.144. The summed E-state index contributed by atoms with van der Waals surface area (Å²) in [4.78, 5) is 10.9. The Morgan fingerprint density at radius 3 is 2.42 bits per heavy atom. The first-order chi connectivity index (χ1) is 9.04. The van der Waals surface area contributed by atoms with Crippen molar-refractivity contribution < 1.29 is 32.6 Å². The van der Waals surface area contributed by atoms with Crippen LogP contribution in [0, 0.1) is 0 Å². The number of ether oxygens (including phenoxy) is 3. The number of carbonyl (C=O) groups is 1. The normalized spacial score (nSPS) is 21.0. The highest BCUT2D eigenvalue weighted by Gasteiger charge is 2.35. The van der Waals surface area contributed by atoms with Crippen LogP contribution in [0.1, 0.15) is 20.3 Å². The van der Waals surface area contributed by atoms with E-state index in [9.17, 15) is 9.36 Å². The molecule has 0 aromatic rings. The van der Waals surface area contributed by atoms with Gasteiger partial charge in [0.05, 0.1) is 25.5 Å². The molecular formula is C11H21O7P. The molecule has 1 aliphatic rings. The highest BCUT2D eigenvalue weighted by molar-refractivity contribution is 7.53. The molecule has 0 radical (unpaired) electrons. The van der Waals surface area contributed by atoms with Crippen molar-refractivity contribution >= 4 is 13.8 Å². The third-order valence-corrected chi connectivity index (χ3v) is 4.78. The van der Waals surface area contributed by atoms with Crippen LogP contribution in [0.5, 0.6) is 0 Å². The lowest BCUT2D eigenvalue weighted by Crippen LogP contribution is -2.31. The van der Waals surface area contributed by atoms with Crippen LogP contribution in [0.25, 0.3) is 0 Å². The summed E-state index contributed by atoms with van der Waals surface area (Å²) in [5.41, 5.74) is 0. The predicted octanol–water partition coefficient (Wildman–Crippen LogP) is 2.19. The lowest BCUT2D eigenvalue weighted by Gasteiger charge is -2.22. The number of cyclic esters (lactones) is 2.